The molecule has 0 spiro atoms. The third-order valence-corrected chi connectivity index (χ3v) is 4.10. The van der Waals surface area contributed by atoms with Crippen LogP contribution in [0.5, 0.6) is 0 Å². The Balaban J connectivity index is 4.05. The van der Waals surface area contributed by atoms with Crippen LogP contribution in [-0.2, 0) is 0 Å². The molecule has 7 heteroatoms. The molecule has 0 saturated heterocycles. The highest BCUT2D eigenvalue weighted by Crippen LogP contribution is 2.37. The zero-order chi connectivity index (χ0) is 11.2. The van der Waals surface area contributed by atoms with Crippen LogP contribution in [-0.4, -0.2) is 26.3 Å². The lowest BCUT2D eigenvalue weighted by atomic mass is 10.4. The van der Waals surface area contributed by atoms with Crippen molar-refractivity contribution in [2.24, 2.45) is 0 Å². The fourth-order valence-corrected chi connectivity index (χ4v) is 2.69. The molecule has 0 aliphatic rings. The second kappa shape index (κ2) is 6.99. The third-order valence-electron chi connectivity index (χ3n) is 1.50. The first kappa shape index (κ1) is 14.6. The summed E-state index contributed by atoms with van der Waals surface area (Å²) >= 11 is 18.2. The molecule has 84 valence electrons. The van der Waals surface area contributed by atoms with E-state index in [2.05, 4.69) is 0 Å². The lowest BCUT2D eigenvalue weighted by molar-refractivity contribution is -0.478. The summed E-state index contributed by atoms with van der Waals surface area (Å²) in [5.74, 6) is 0.781. The SMILES string of the molecule is CCCCSC(C[N+](=O)[O-])C(Cl)(Cl)Cl. The highest BCUT2D eigenvalue weighted by Gasteiger charge is 2.36. The van der Waals surface area contributed by atoms with Crippen molar-refractivity contribution in [3.05, 3.63) is 10.1 Å². The predicted molar refractivity (Wildman–Crippen MR) is 63.3 cm³/mol. The van der Waals surface area contributed by atoms with Gasteiger partial charge in [0.15, 0.2) is 0 Å². The Morgan fingerprint density at radius 3 is 2.43 bits per heavy atom. The van der Waals surface area contributed by atoms with E-state index in [1.165, 1.54) is 11.8 Å². The molecule has 0 amide bonds. The van der Waals surface area contributed by atoms with E-state index in [-0.39, 0.29) is 6.54 Å². The summed E-state index contributed by atoms with van der Waals surface area (Å²) < 4.78 is -1.56. The molecule has 0 aromatic rings. The minimum absolute atomic E-state index is 0.315. The molecule has 0 radical (unpaired) electrons. The van der Waals surface area contributed by atoms with Crippen molar-refractivity contribution in [3.8, 4) is 0 Å². The van der Waals surface area contributed by atoms with E-state index in [4.69, 9.17) is 34.8 Å². The zero-order valence-corrected chi connectivity index (χ0v) is 10.8. The number of alkyl halides is 3. The summed E-state index contributed by atoms with van der Waals surface area (Å²) in [5.41, 5.74) is 0. The predicted octanol–water partition coefficient (Wildman–Crippen LogP) is 3.54. The van der Waals surface area contributed by atoms with E-state index >= 15 is 0 Å². The molecule has 0 bridgehead atoms. The van der Waals surface area contributed by atoms with Gasteiger partial charge in [0.05, 0.1) is 0 Å². The first-order chi connectivity index (χ1) is 6.38. The normalized spacial score (nSPS) is 14.0. The Kier molecular flexibility index (Phi) is 7.30. The third kappa shape index (κ3) is 6.98. The number of thioether (sulfide) groups is 1. The number of hydrogen-bond acceptors (Lipinski definition) is 3. The smallest absolute Gasteiger partial charge is 0.219 e. The molecule has 14 heavy (non-hydrogen) atoms. The van der Waals surface area contributed by atoms with Crippen LogP contribution >= 0.6 is 46.6 Å². The van der Waals surface area contributed by atoms with Gasteiger partial charge in [-0.2, -0.15) is 0 Å². The minimum atomic E-state index is -1.56. The van der Waals surface area contributed by atoms with E-state index in [0.717, 1.165) is 18.6 Å². The standard InChI is InChI=1S/C7H12Cl3NO2S/c1-2-3-4-14-6(5-11(12)13)7(8,9)10/h6H,2-5H2,1H3. The second-order valence-corrected chi connectivity index (χ2v) is 6.45. The van der Waals surface area contributed by atoms with Crippen LogP contribution in [0.4, 0.5) is 0 Å². The average Bonchev–Trinajstić information content (AvgIpc) is 2.00. The Morgan fingerprint density at radius 2 is 2.07 bits per heavy atom. The number of hydrogen-bond donors (Lipinski definition) is 0. The second-order valence-electron chi connectivity index (χ2n) is 2.77. The Hall–Kier alpha value is 0.620. The monoisotopic (exact) mass is 279 g/mol. The summed E-state index contributed by atoms with van der Waals surface area (Å²) in [6.45, 7) is 1.73. The molecule has 0 rings (SSSR count). The molecule has 0 N–H and O–H groups in total. The fourth-order valence-electron chi connectivity index (χ4n) is 0.756. The maximum atomic E-state index is 10.3. The summed E-state index contributed by atoms with van der Waals surface area (Å²) in [7, 11) is 0. The Morgan fingerprint density at radius 1 is 1.50 bits per heavy atom. The Labute approximate surface area is 103 Å². The van der Waals surface area contributed by atoms with Gasteiger partial charge in [-0.25, -0.2) is 0 Å². The van der Waals surface area contributed by atoms with Crippen LogP contribution < -0.4 is 0 Å². The van der Waals surface area contributed by atoms with Gasteiger partial charge in [-0.3, -0.25) is 10.1 Å². The molecule has 0 heterocycles. The molecule has 3 nitrogen and oxygen atoms in total. The molecule has 0 aromatic carbocycles. The van der Waals surface area contributed by atoms with E-state index in [1.54, 1.807) is 0 Å². The van der Waals surface area contributed by atoms with Gasteiger partial charge in [0.1, 0.15) is 5.25 Å². The molecule has 0 aliphatic carbocycles. The first-order valence-electron chi connectivity index (χ1n) is 4.18. The van der Waals surface area contributed by atoms with Crippen LogP contribution in [0.25, 0.3) is 0 Å². The van der Waals surface area contributed by atoms with Crippen molar-refractivity contribution in [2.45, 2.75) is 28.8 Å². The largest absolute Gasteiger partial charge is 0.265 e. The van der Waals surface area contributed by atoms with Crippen molar-refractivity contribution in [1.29, 1.82) is 0 Å². The summed E-state index contributed by atoms with van der Waals surface area (Å²) in [6, 6.07) is 0. The maximum Gasteiger partial charge on any atom is 0.219 e. The van der Waals surface area contributed by atoms with Crippen LogP contribution in [0, 0.1) is 10.1 Å². The Bertz CT molecular complexity index is 186. The van der Waals surface area contributed by atoms with Gasteiger partial charge in [0.2, 0.25) is 10.3 Å². The van der Waals surface area contributed by atoms with Crippen molar-refractivity contribution in [2.75, 3.05) is 12.3 Å². The fraction of sp³-hybridized carbons (Fsp3) is 1.00. The van der Waals surface area contributed by atoms with Crippen LogP contribution in [0.15, 0.2) is 0 Å². The van der Waals surface area contributed by atoms with E-state index < -0.39 is 14.0 Å². The van der Waals surface area contributed by atoms with Gasteiger partial charge in [-0.05, 0) is 12.2 Å². The van der Waals surface area contributed by atoms with E-state index in [0.29, 0.717) is 0 Å². The van der Waals surface area contributed by atoms with Crippen molar-refractivity contribution >= 4 is 46.6 Å². The number of unbranched alkanes of at least 4 members (excludes halogenated alkanes) is 1. The van der Waals surface area contributed by atoms with Crippen LogP contribution in [0.1, 0.15) is 19.8 Å². The topological polar surface area (TPSA) is 43.1 Å². The molecular formula is C7H12Cl3NO2S. The van der Waals surface area contributed by atoms with Crippen molar-refractivity contribution in [1.82, 2.24) is 0 Å². The summed E-state index contributed by atoms with van der Waals surface area (Å²) in [6.07, 6.45) is 2.00. The highest BCUT2D eigenvalue weighted by atomic mass is 35.6. The van der Waals surface area contributed by atoms with Crippen molar-refractivity contribution < 1.29 is 4.92 Å². The average molecular weight is 281 g/mol. The van der Waals surface area contributed by atoms with Crippen LogP contribution in [0.2, 0.25) is 0 Å². The van der Waals surface area contributed by atoms with Gasteiger partial charge in [-0.15, -0.1) is 11.8 Å². The van der Waals surface area contributed by atoms with Gasteiger partial charge in [-0.1, -0.05) is 48.1 Å². The lowest BCUT2D eigenvalue weighted by Crippen LogP contribution is -2.30. The highest BCUT2D eigenvalue weighted by molar-refractivity contribution is 8.00. The maximum absolute atomic E-state index is 10.3. The minimum Gasteiger partial charge on any atom is -0.265 e. The number of nitro groups is 1. The number of nitrogens with zero attached hydrogens (tertiary/aromatic N) is 1. The molecule has 1 unspecified atom stereocenters. The molecular weight excluding hydrogens is 269 g/mol. The molecule has 0 aliphatic heterocycles. The first-order valence-corrected chi connectivity index (χ1v) is 6.36. The van der Waals surface area contributed by atoms with E-state index in [9.17, 15) is 10.1 Å². The van der Waals surface area contributed by atoms with E-state index in [1.807, 2.05) is 6.92 Å². The van der Waals surface area contributed by atoms with Crippen LogP contribution in [0.3, 0.4) is 0 Å². The van der Waals surface area contributed by atoms with Gasteiger partial charge in [0, 0.05) is 4.92 Å². The lowest BCUT2D eigenvalue weighted by Gasteiger charge is -2.19. The number of halogens is 3. The van der Waals surface area contributed by atoms with Gasteiger partial charge in [0.25, 0.3) is 0 Å². The summed E-state index contributed by atoms with van der Waals surface area (Å²) in [5, 5.41) is 9.73. The zero-order valence-electron chi connectivity index (χ0n) is 7.71. The number of rotatable bonds is 6. The quantitative estimate of drug-likeness (QED) is 0.323. The summed E-state index contributed by atoms with van der Waals surface area (Å²) in [4.78, 5) is 9.85. The van der Waals surface area contributed by atoms with Crippen molar-refractivity contribution in [3.63, 3.8) is 0 Å². The van der Waals surface area contributed by atoms with Gasteiger partial charge < -0.3 is 0 Å². The molecule has 0 saturated carbocycles. The molecule has 0 fully saturated rings. The molecule has 1 atom stereocenters. The molecule has 0 aromatic heterocycles. The van der Waals surface area contributed by atoms with Gasteiger partial charge >= 0.3 is 0 Å².